The molecule has 0 unspecified atom stereocenters. The number of nitrogens with one attached hydrogen (secondary N) is 1. The van der Waals surface area contributed by atoms with Crippen LogP contribution in [0, 0.1) is 6.92 Å². The lowest BCUT2D eigenvalue weighted by atomic mass is 10.0. The molecule has 1 aromatic heterocycles. The van der Waals surface area contributed by atoms with Crippen molar-refractivity contribution in [2.24, 2.45) is 0 Å². The van der Waals surface area contributed by atoms with Gasteiger partial charge >= 0.3 is 0 Å². The number of nitrogens with zero attached hydrogens (tertiary/aromatic N) is 2. The van der Waals surface area contributed by atoms with Crippen LogP contribution in [-0.2, 0) is 13.0 Å². The monoisotopic (exact) mass is 471 g/mol. The van der Waals surface area contributed by atoms with E-state index in [1.54, 1.807) is 19.2 Å². The van der Waals surface area contributed by atoms with Crippen molar-refractivity contribution >= 4 is 16.9 Å². The van der Waals surface area contributed by atoms with Crippen LogP contribution in [0.1, 0.15) is 47.1 Å². The van der Waals surface area contributed by atoms with Gasteiger partial charge in [0, 0.05) is 13.0 Å². The first-order valence-corrected chi connectivity index (χ1v) is 12.1. The summed E-state index contributed by atoms with van der Waals surface area (Å²) < 4.78 is 13.8. The molecule has 1 heterocycles. The van der Waals surface area contributed by atoms with Crippen LogP contribution in [0.15, 0.2) is 66.7 Å². The van der Waals surface area contributed by atoms with Crippen LogP contribution in [0.25, 0.3) is 11.0 Å². The second kappa shape index (κ2) is 11.1. The van der Waals surface area contributed by atoms with Gasteiger partial charge in [-0.2, -0.15) is 0 Å². The van der Waals surface area contributed by atoms with E-state index in [0.29, 0.717) is 43.3 Å². The number of hydrogen-bond donors (Lipinski definition) is 1. The molecule has 0 aliphatic rings. The third-order valence-corrected chi connectivity index (χ3v) is 6.08. The van der Waals surface area contributed by atoms with Crippen molar-refractivity contribution in [2.45, 2.75) is 39.7 Å². The molecule has 0 radical (unpaired) electrons. The fourth-order valence-corrected chi connectivity index (χ4v) is 4.27. The topological polar surface area (TPSA) is 65.4 Å². The Kier molecular flexibility index (Phi) is 7.70. The number of para-hydroxylation sites is 3. The van der Waals surface area contributed by atoms with Crippen molar-refractivity contribution in [1.82, 2.24) is 14.9 Å². The highest BCUT2D eigenvalue weighted by Crippen LogP contribution is 2.27. The summed E-state index contributed by atoms with van der Waals surface area (Å²) in [4.78, 5) is 17.5. The van der Waals surface area contributed by atoms with Crippen LogP contribution in [0.5, 0.6) is 11.5 Å². The van der Waals surface area contributed by atoms with Gasteiger partial charge in [0.05, 0.1) is 30.3 Å². The largest absolute Gasteiger partial charge is 0.496 e. The Morgan fingerprint density at radius 1 is 1.03 bits per heavy atom. The van der Waals surface area contributed by atoms with E-state index in [1.165, 1.54) is 11.1 Å². The molecule has 4 aromatic rings. The molecule has 0 saturated heterocycles. The molecule has 6 heteroatoms. The molecule has 3 aromatic carbocycles. The van der Waals surface area contributed by atoms with Crippen molar-refractivity contribution in [3.63, 3.8) is 0 Å². The van der Waals surface area contributed by atoms with E-state index in [-0.39, 0.29) is 5.91 Å². The van der Waals surface area contributed by atoms with Gasteiger partial charge in [-0.25, -0.2) is 4.98 Å². The number of fused-ring (bicyclic) bond motifs is 1. The molecule has 1 amide bonds. The van der Waals surface area contributed by atoms with Gasteiger partial charge in [0.2, 0.25) is 0 Å². The Morgan fingerprint density at radius 3 is 2.60 bits per heavy atom. The van der Waals surface area contributed by atoms with E-state index in [4.69, 9.17) is 14.5 Å². The van der Waals surface area contributed by atoms with Gasteiger partial charge in [0.25, 0.3) is 5.91 Å². The molecule has 0 saturated carbocycles. The molecule has 6 nitrogen and oxygen atoms in total. The fourth-order valence-electron chi connectivity index (χ4n) is 4.27. The number of aromatic nitrogens is 2. The van der Waals surface area contributed by atoms with E-state index >= 15 is 0 Å². The molecule has 35 heavy (non-hydrogen) atoms. The first-order valence-electron chi connectivity index (χ1n) is 12.1. The smallest absolute Gasteiger partial charge is 0.255 e. The minimum absolute atomic E-state index is 0.158. The van der Waals surface area contributed by atoms with Crippen molar-refractivity contribution in [3.8, 4) is 11.5 Å². The number of aryl methyl sites for hydroxylation is 1. The maximum atomic E-state index is 12.7. The summed E-state index contributed by atoms with van der Waals surface area (Å²) in [5.41, 5.74) is 4.93. The van der Waals surface area contributed by atoms with Gasteiger partial charge < -0.3 is 19.4 Å². The van der Waals surface area contributed by atoms with Gasteiger partial charge in [0.15, 0.2) is 0 Å². The zero-order chi connectivity index (χ0) is 24.8. The normalized spacial score (nSPS) is 11.1. The Hall–Kier alpha value is -3.80. The van der Waals surface area contributed by atoms with E-state index in [2.05, 4.69) is 54.9 Å². The standard InChI is InChI=1S/C29H33N3O3/c1-20(2)22-14-13-21(3)19-27(22)35-18-17-32-25-11-7-6-10-24(25)31-28(32)15-16-30-29(33)23-9-5-8-12-26(23)34-4/h5-14,19-20H,15-18H2,1-4H3,(H,30,33). The van der Waals surface area contributed by atoms with Gasteiger partial charge in [-0.3, -0.25) is 4.79 Å². The number of ether oxygens (including phenoxy) is 2. The summed E-state index contributed by atoms with van der Waals surface area (Å²) in [5, 5.41) is 3.00. The van der Waals surface area contributed by atoms with Gasteiger partial charge in [-0.1, -0.05) is 50.2 Å². The summed E-state index contributed by atoms with van der Waals surface area (Å²) >= 11 is 0. The maximum Gasteiger partial charge on any atom is 0.255 e. The quantitative estimate of drug-likeness (QED) is 0.330. The Labute approximate surface area is 206 Å². The maximum absolute atomic E-state index is 12.7. The molecule has 0 bridgehead atoms. The lowest BCUT2D eigenvalue weighted by Gasteiger charge is -2.16. The highest BCUT2D eigenvalue weighted by atomic mass is 16.5. The molecule has 0 aliphatic heterocycles. The first kappa shape index (κ1) is 24.3. The number of benzene rings is 3. The predicted molar refractivity (Wildman–Crippen MR) is 140 cm³/mol. The van der Waals surface area contributed by atoms with E-state index < -0.39 is 0 Å². The minimum atomic E-state index is -0.158. The van der Waals surface area contributed by atoms with Gasteiger partial charge in [0.1, 0.15) is 23.9 Å². The average molecular weight is 472 g/mol. The van der Waals surface area contributed by atoms with E-state index in [1.807, 2.05) is 30.3 Å². The zero-order valence-corrected chi connectivity index (χ0v) is 20.9. The number of rotatable bonds is 10. The van der Waals surface area contributed by atoms with Crippen molar-refractivity contribution in [2.75, 3.05) is 20.3 Å². The summed E-state index contributed by atoms with van der Waals surface area (Å²) in [5.74, 6) is 2.65. The van der Waals surface area contributed by atoms with Crippen LogP contribution in [0.4, 0.5) is 0 Å². The predicted octanol–water partition coefficient (Wildman–Crippen LogP) is 5.53. The number of carbonyl (C=O) groups is 1. The van der Waals surface area contributed by atoms with Crippen molar-refractivity contribution < 1.29 is 14.3 Å². The Morgan fingerprint density at radius 2 is 1.80 bits per heavy atom. The van der Waals surface area contributed by atoms with Crippen LogP contribution >= 0.6 is 0 Å². The Balaban J connectivity index is 1.46. The third-order valence-electron chi connectivity index (χ3n) is 6.08. The van der Waals surface area contributed by atoms with E-state index in [9.17, 15) is 4.79 Å². The number of imidazole rings is 1. The van der Waals surface area contributed by atoms with Crippen LogP contribution in [0.2, 0.25) is 0 Å². The highest BCUT2D eigenvalue weighted by Gasteiger charge is 2.14. The fraction of sp³-hybridized carbons (Fsp3) is 0.310. The highest BCUT2D eigenvalue weighted by molar-refractivity contribution is 5.96. The zero-order valence-electron chi connectivity index (χ0n) is 20.9. The first-order chi connectivity index (χ1) is 17.0. The lowest BCUT2D eigenvalue weighted by Crippen LogP contribution is -2.27. The molecule has 0 spiro atoms. The van der Waals surface area contributed by atoms with Gasteiger partial charge in [-0.05, 0) is 54.3 Å². The summed E-state index contributed by atoms with van der Waals surface area (Å²) in [6.45, 7) is 8.11. The number of methoxy groups -OCH3 is 1. The second-order valence-corrected chi connectivity index (χ2v) is 8.92. The molecular formula is C29H33N3O3. The molecule has 182 valence electrons. The van der Waals surface area contributed by atoms with Crippen LogP contribution in [-0.4, -0.2) is 35.7 Å². The molecule has 0 fully saturated rings. The van der Waals surface area contributed by atoms with Crippen molar-refractivity contribution in [3.05, 3.63) is 89.2 Å². The number of carbonyl (C=O) groups excluding carboxylic acids is 1. The van der Waals surface area contributed by atoms with Gasteiger partial charge in [-0.15, -0.1) is 0 Å². The molecule has 0 aliphatic carbocycles. The minimum Gasteiger partial charge on any atom is -0.496 e. The van der Waals surface area contributed by atoms with Crippen molar-refractivity contribution in [1.29, 1.82) is 0 Å². The lowest BCUT2D eigenvalue weighted by molar-refractivity contribution is 0.0951. The SMILES string of the molecule is COc1ccccc1C(=O)NCCc1nc2ccccc2n1CCOc1cc(C)ccc1C(C)C. The molecule has 4 rings (SSSR count). The van der Waals surface area contributed by atoms with Crippen LogP contribution in [0.3, 0.4) is 0 Å². The number of amides is 1. The molecular weight excluding hydrogens is 438 g/mol. The molecule has 1 N–H and O–H groups in total. The van der Waals surface area contributed by atoms with E-state index in [0.717, 1.165) is 22.6 Å². The third kappa shape index (κ3) is 5.65. The summed E-state index contributed by atoms with van der Waals surface area (Å²) in [6, 6.07) is 21.7. The summed E-state index contributed by atoms with van der Waals surface area (Å²) in [6.07, 6.45) is 0.608. The molecule has 0 atom stereocenters. The van der Waals surface area contributed by atoms with Crippen LogP contribution < -0.4 is 14.8 Å². The Bertz CT molecular complexity index is 1310. The second-order valence-electron chi connectivity index (χ2n) is 8.92. The summed E-state index contributed by atoms with van der Waals surface area (Å²) in [7, 11) is 1.57. The number of hydrogen-bond acceptors (Lipinski definition) is 4. The average Bonchev–Trinajstić information content (AvgIpc) is 3.21.